The number of rotatable bonds is 7. The lowest BCUT2D eigenvalue weighted by atomic mass is 9.85. The van der Waals surface area contributed by atoms with Gasteiger partial charge in [0.2, 0.25) is 0 Å². The van der Waals surface area contributed by atoms with E-state index in [-0.39, 0.29) is 0 Å². The third-order valence-electron chi connectivity index (χ3n) is 12.5. The van der Waals surface area contributed by atoms with Gasteiger partial charge < -0.3 is 9.32 Å². The van der Waals surface area contributed by atoms with Gasteiger partial charge in [-0.3, -0.25) is 0 Å². The predicted octanol–water partition coefficient (Wildman–Crippen LogP) is 17.2. The Morgan fingerprint density at radius 2 is 0.742 bits per heavy atom. The molecule has 2 nitrogen and oxygen atoms in total. The molecule has 0 N–H and O–H groups in total. The maximum atomic E-state index is 6.32. The van der Waals surface area contributed by atoms with Crippen LogP contribution in [0.4, 0.5) is 17.1 Å². The zero-order valence-corrected chi connectivity index (χ0v) is 33.9. The molecule has 0 aliphatic rings. The molecule has 1 aromatic heterocycles. The monoisotopic (exact) mass is 789 g/mol. The van der Waals surface area contributed by atoms with Crippen LogP contribution in [0.5, 0.6) is 0 Å². The maximum Gasteiger partial charge on any atom is 0.135 e. The maximum absolute atomic E-state index is 6.32. The normalized spacial score (nSPS) is 11.5. The molecule has 0 unspecified atom stereocenters. The highest BCUT2D eigenvalue weighted by molar-refractivity contribution is 6.22. The lowest BCUT2D eigenvalue weighted by molar-refractivity contribution is 0.669. The minimum atomic E-state index is 0.876. The molecule has 0 aliphatic heterocycles. The van der Waals surface area contributed by atoms with E-state index >= 15 is 0 Å². The Morgan fingerprint density at radius 3 is 1.47 bits per heavy atom. The molecule has 12 rings (SSSR count). The summed E-state index contributed by atoms with van der Waals surface area (Å²) in [6, 6.07) is 85.5. The molecule has 0 bridgehead atoms. The Morgan fingerprint density at radius 1 is 0.258 bits per heavy atom. The first-order chi connectivity index (χ1) is 30.7. The zero-order valence-electron chi connectivity index (χ0n) is 33.9. The van der Waals surface area contributed by atoms with Gasteiger partial charge in [0.25, 0.3) is 0 Å². The molecule has 0 spiro atoms. The lowest BCUT2D eigenvalue weighted by Crippen LogP contribution is -2.10. The molecule has 2 heteroatoms. The molecule has 290 valence electrons. The van der Waals surface area contributed by atoms with Gasteiger partial charge in [0.15, 0.2) is 0 Å². The summed E-state index contributed by atoms with van der Waals surface area (Å²) in [7, 11) is 0. The van der Waals surface area contributed by atoms with Crippen LogP contribution >= 0.6 is 0 Å². The molecule has 0 fully saturated rings. The highest BCUT2D eigenvalue weighted by Crippen LogP contribution is 2.47. The van der Waals surface area contributed by atoms with E-state index < -0.39 is 0 Å². The van der Waals surface area contributed by atoms with Gasteiger partial charge in [-0.1, -0.05) is 188 Å². The Balaban J connectivity index is 1.04. The van der Waals surface area contributed by atoms with Crippen molar-refractivity contribution in [3.05, 3.63) is 237 Å². The van der Waals surface area contributed by atoms with Crippen LogP contribution < -0.4 is 4.90 Å². The van der Waals surface area contributed by atoms with Crippen molar-refractivity contribution >= 4 is 71.3 Å². The van der Waals surface area contributed by atoms with E-state index in [1.165, 1.54) is 76.8 Å². The standard InChI is InChI=1S/C60H39NO/c1-3-15-44(16-4-1)59-54-23-10-9-21-51(54)52-36-34-47(39-56(52)60(59)45-17-5-2-6-18-45)61(48-35-37-58-55(38-48)53-22-11-12-25-57(53)62-58)46-32-30-41(31-33-46)40-26-28-43(29-27-40)50-24-13-19-42-14-7-8-20-49(42)50/h1-39H. The molecule has 0 radical (unpaired) electrons. The number of hydrogen-bond acceptors (Lipinski definition) is 2. The summed E-state index contributed by atoms with van der Waals surface area (Å²) in [4.78, 5) is 2.39. The van der Waals surface area contributed by atoms with E-state index in [9.17, 15) is 0 Å². The van der Waals surface area contributed by atoms with Crippen molar-refractivity contribution in [3.8, 4) is 44.5 Å². The molecular weight excluding hydrogens is 751 g/mol. The second-order valence-corrected chi connectivity index (χ2v) is 16.0. The summed E-state index contributed by atoms with van der Waals surface area (Å²) in [6.45, 7) is 0. The average Bonchev–Trinajstić information content (AvgIpc) is 3.72. The first-order valence-electron chi connectivity index (χ1n) is 21.2. The molecule has 0 saturated carbocycles. The Hall–Kier alpha value is -8.20. The second-order valence-electron chi connectivity index (χ2n) is 16.0. The first-order valence-corrected chi connectivity index (χ1v) is 21.2. The number of fused-ring (bicyclic) bond motifs is 7. The molecule has 0 saturated heterocycles. The number of hydrogen-bond donors (Lipinski definition) is 0. The minimum Gasteiger partial charge on any atom is -0.456 e. The average molecular weight is 790 g/mol. The highest BCUT2D eigenvalue weighted by Gasteiger charge is 2.21. The summed E-state index contributed by atoms with van der Waals surface area (Å²) >= 11 is 0. The Kier molecular flexibility index (Phi) is 8.53. The van der Waals surface area contributed by atoms with Crippen molar-refractivity contribution in [2.75, 3.05) is 4.90 Å². The molecular formula is C60H39NO. The molecule has 0 atom stereocenters. The highest BCUT2D eigenvalue weighted by atomic mass is 16.3. The van der Waals surface area contributed by atoms with E-state index in [0.29, 0.717) is 0 Å². The third-order valence-corrected chi connectivity index (χ3v) is 12.5. The largest absolute Gasteiger partial charge is 0.456 e. The molecule has 0 amide bonds. The lowest BCUT2D eigenvalue weighted by Gasteiger charge is -2.27. The molecule has 11 aromatic carbocycles. The predicted molar refractivity (Wildman–Crippen MR) is 263 cm³/mol. The van der Waals surface area contributed by atoms with E-state index in [0.717, 1.165) is 39.0 Å². The quantitative estimate of drug-likeness (QED) is 0.150. The van der Waals surface area contributed by atoms with Crippen LogP contribution in [0.25, 0.3) is 98.8 Å². The summed E-state index contributed by atoms with van der Waals surface area (Å²) in [5.41, 5.74) is 14.6. The van der Waals surface area contributed by atoms with Gasteiger partial charge in [0.05, 0.1) is 0 Å². The smallest absolute Gasteiger partial charge is 0.135 e. The number of para-hydroxylation sites is 1. The number of nitrogens with zero attached hydrogens (tertiary/aromatic N) is 1. The Bertz CT molecular complexity index is 3600. The van der Waals surface area contributed by atoms with Crippen LogP contribution in [0, 0.1) is 0 Å². The topological polar surface area (TPSA) is 16.4 Å². The van der Waals surface area contributed by atoms with Crippen molar-refractivity contribution in [2.45, 2.75) is 0 Å². The number of benzene rings is 11. The SMILES string of the molecule is c1ccc(-c2c(-c3ccccc3)c3cc(N(c4ccc(-c5ccc(-c6cccc7ccccc67)cc5)cc4)c4ccc5oc6ccccc6c5c4)ccc3c3ccccc23)cc1. The van der Waals surface area contributed by atoms with Gasteiger partial charge in [-0.05, 0) is 125 Å². The van der Waals surface area contributed by atoms with Crippen LogP contribution in [-0.2, 0) is 0 Å². The van der Waals surface area contributed by atoms with E-state index in [1.807, 2.05) is 12.1 Å². The van der Waals surface area contributed by atoms with Crippen molar-refractivity contribution in [3.63, 3.8) is 0 Å². The van der Waals surface area contributed by atoms with Crippen LogP contribution in [0.3, 0.4) is 0 Å². The van der Waals surface area contributed by atoms with Crippen molar-refractivity contribution in [1.29, 1.82) is 0 Å². The molecule has 12 aromatic rings. The van der Waals surface area contributed by atoms with Gasteiger partial charge in [-0.25, -0.2) is 0 Å². The van der Waals surface area contributed by atoms with Crippen molar-refractivity contribution in [1.82, 2.24) is 0 Å². The number of anilines is 3. The zero-order chi connectivity index (χ0) is 41.0. The fraction of sp³-hybridized carbons (Fsp3) is 0. The molecule has 1 heterocycles. The Labute approximate surface area is 360 Å². The van der Waals surface area contributed by atoms with Gasteiger partial charge >= 0.3 is 0 Å². The summed E-state index contributed by atoms with van der Waals surface area (Å²) in [5, 5.41) is 9.62. The van der Waals surface area contributed by atoms with Gasteiger partial charge in [-0.2, -0.15) is 0 Å². The van der Waals surface area contributed by atoms with Crippen LogP contribution in [-0.4, -0.2) is 0 Å². The third kappa shape index (κ3) is 6.04. The van der Waals surface area contributed by atoms with Crippen molar-refractivity contribution in [2.24, 2.45) is 0 Å². The van der Waals surface area contributed by atoms with Crippen LogP contribution in [0.15, 0.2) is 241 Å². The fourth-order valence-electron chi connectivity index (χ4n) is 9.55. The van der Waals surface area contributed by atoms with Gasteiger partial charge in [0, 0.05) is 27.8 Å². The molecule has 62 heavy (non-hydrogen) atoms. The summed E-state index contributed by atoms with van der Waals surface area (Å²) in [5.74, 6) is 0. The molecule has 0 aliphatic carbocycles. The number of furan rings is 1. The summed E-state index contributed by atoms with van der Waals surface area (Å²) < 4.78 is 6.32. The van der Waals surface area contributed by atoms with Crippen LogP contribution in [0.1, 0.15) is 0 Å². The van der Waals surface area contributed by atoms with Crippen molar-refractivity contribution < 1.29 is 4.42 Å². The van der Waals surface area contributed by atoms with E-state index in [1.54, 1.807) is 0 Å². The van der Waals surface area contributed by atoms with Crippen LogP contribution in [0.2, 0.25) is 0 Å². The van der Waals surface area contributed by atoms with Gasteiger partial charge in [-0.15, -0.1) is 0 Å². The first kappa shape index (κ1) is 35.7. The van der Waals surface area contributed by atoms with Gasteiger partial charge in [0.1, 0.15) is 11.2 Å². The summed E-state index contributed by atoms with van der Waals surface area (Å²) in [6.07, 6.45) is 0. The minimum absolute atomic E-state index is 0.876. The van der Waals surface area contributed by atoms with E-state index in [4.69, 9.17) is 4.42 Å². The fourth-order valence-corrected chi connectivity index (χ4v) is 9.55. The second kappa shape index (κ2) is 14.8. The van der Waals surface area contributed by atoms with E-state index in [2.05, 4.69) is 229 Å².